The van der Waals surface area contributed by atoms with Crippen LogP contribution in [0.25, 0.3) is 0 Å². The molecule has 5 aliphatic heterocycles. The molecule has 2 saturated carbocycles. The minimum atomic E-state index is -2.20. The van der Waals surface area contributed by atoms with Crippen molar-refractivity contribution in [1.29, 1.82) is 0 Å². The molecule has 0 unspecified atom stereocenters. The van der Waals surface area contributed by atoms with E-state index >= 15 is 0 Å². The lowest BCUT2D eigenvalue weighted by atomic mass is 9.67. The van der Waals surface area contributed by atoms with E-state index in [1.54, 1.807) is 6.92 Å². The third kappa shape index (κ3) is 2.94. The van der Waals surface area contributed by atoms with Crippen LogP contribution < -0.4 is 0 Å². The Kier molecular flexibility index (Phi) is 5.34. The van der Waals surface area contributed by atoms with Gasteiger partial charge in [0.1, 0.15) is 23.9 Å². The monoisotopic (exact) mass is 564 g/mol. The zero-order chi connectivity index (χ0) is 28.9. The maximum absolute atomic E-state index is 14.1. The number of ether oxygens (including phenoxy) is 4. The summed E-state index contributed by atoms with van der Waals surface area (Å²) in [6, 6.07) is 0. The van der Waals surface area contributed by atoms with Crippen LogP contribution in [0.5, 0.6) is 0 Å². The second kappa shape index (κ2) is 7.85. The van der Waals surface area contributed by atoms with Gasteiger partial charge in [-0.15, -0.1) is 0 Å². The summed E-state index contributed by atoms with van der Waals surface area (Å²) in [5.74, 6) is -6.90. The Balaban J connectivity index is 1.24. The molecule has 7 aliphatic rings. The molecule has 2 bridgehead atoms. The number of fused-ring (bicyclic) bond motifs is 3. The lowest BCUT2D eigenvalue weighted by Gasteiger charge is -2.45. The van der Waals surface area contributed by atoms with E-state index in [0.29, 0.717) is 25.7 Å². The van der Waals surface area contributed by atoms with Gasteiger partial charge >= 0.3 is 11.9 Å². The normalized spacial score (nSPS) is 57.1. The van der Waals surface area contributed by atoms with Crippen LogP contribution in [0.4, 0.5) is 0 Å². The first-order chi connectivity index (χ1) is 18.6. The Labute approximate surface area is 232 Å². The van der Waals surface area contributed by atoms with Gasteiger partial charge in [0.15, 0.2) is 17.5 Å². The number of aliphatic hydroxyl groups is 4. The van der Waals surface area contributed by atoms with Crippen molar-refractivity contribution in [3.63, 3.8) is 0 Å². The fourth-order valence-electron chi connectivity index (χ4n) is 10.3. The molecule has 2 aliphatic carbocycles. The highest BCUT2D eigenvalue weighted by Crippen LogP contribution is 2.75. The van der Waals surface area contributed by atoms with Crippen molar-refractivity contribution >= 4 is 17.7 Å². The molecule has 0 amide bonds. The Hall–Kier alpha value is -1.63. The lowest BCUT2D eigenvalue weighted by Crippen LogP contribution is -2.64. The summed E-state index contributed by atoms with van der Waals surface area (Å²) < 4.78 is 23.9. The molecule has 5 saturated heterocycles. The summed E-state index contributed by atoms with van der Waals surface area (Å²) in [7, 11) is 0. The van der Waals surface area contributed by atoms with Crippen LogP contribution in [0.1, 0.15) is 66.7 Å². The molecule has 222 valence electrons. The molecule has 40 heavy (non-hydrogen) atoms. The number of carbonyl (C=O) groups is 3. The first-order valence-electron chi connectivity index (χ1n) is 14.7. The number of esters is 2. The van der Waals surface area contributed by atoms with Gasteiger partial charge in [-0.25, -0.2) is 4.79 Å². The number of Topliss-reactive ketones (excluding diaryl/α,β-unsaturated/α-hetero) is 1. The Bertz CT molecular complexity index is 1190. The van der Waals surface area contributed by atoms with E-state index in [4.69, 9.17) is 18.9 Å². The van der Waals surface area contributed by atoms with E-state index in [9.17, 15) is 34.8 Å². The Morgan fingerprint density at radius 2 is 1.73 bits per heavy atom. The predicted molar refractivity (Wildman–Crippen MR) is 133 cm³/mol. The summed E-state index contributed by atoms with van der Waals surface area (Å²) in [6.45, 7) is 9.22. The van der Waals surface area contributed by atoms with Crippen LogP contribution in [0, 0.1) is 40.9 Å². The number of hydrogen-bond donors (Lipinski definition) is 4. The molecule has 7 rings (SSSR count). The topological polar surface area (TPSA) is 169 Å². The summed E-state index contributed by atoms with van der Waals surface area (Å²) in [5, 5.41) is 46.2. The summed E-state index contributed by atoms with van der Waals surface area (Å²) in [4.78, 5) is 38.7. The molecule has 7 fully saturated rings. The van der Waals surface area contributed by atoms with Crippen molar-refractivity contribution in [2.75, 3.05) is 0 Å². The van der Waals surface area contributed by atoms with Crippen LogP contribution in [0.15, 0.2) is 0 Å². The molecule has 11 heteroatoms. The molecular weight excluding hydrogens is 524 g/mol. The lowest BCUT2D eigenvalue weighted by molar-refractivity contribution is -0.277. The van der Waals surface area contributed by atoms with Gasteiger partial charge < -0.3 is 39.4 Å². The molecule has 0 aromatic rings. The number of ketones is 1. The van der Waals surface area contributed by atoms with Crippen molar-refractivity contribution in [3.05, 3.63) is 0 Å². The van der Waals surface area contributed by atoms with E-state index in [1.807, 2.05) is 27.7 Å². The number of rotatable bonds is 3. The Morgan fingerprint density at radius 1 is 1.02 bits per heavy atom. The van der Waals surface area contributed by atoms with Gasteiger partial charge in [-0.3, -0.25) is 9.59 Å². The fourth-order valence-corrected chi connectivity index (χ4v) is 10.3. The maximum Gasteiger partial charge on any atom is 0.338 e. The van der Waals surface area contributed by atoms with Gasteiger partial charge in [-0.1, -0.05) is 20.8 Å². The van der Waals surface area contributed by atoms with Crippen molar-refractivity contribution in [1.82, 2.24) is 0 Å². The van der Waals surface area contributed by atoms with E-state index in [-0.39, 0.29) is 24.2 Å². The molecule has 11 nitrogen and oxygen atoms in total. The summed E-state index contributed by atoms with van der Waals surface area (Å²) in [5.41, 5.74) is -4.60. The van der Waals surface area contributed by atoms with Gasteiger partial charge in [-0.05, 0) is 63.2 Å². The zero-order valence-electron chi connectivity index (χ0n) is 23.5. The fraction of sp³-hybridized carbons (Fsp3) is 0.897. The van der Waals surface area contributed by atoms with Crippen LogP contribution >= 0.6 is 0 Å². The summed E-state index contributed by atoms with van der Waals surface area (Å²) in [6.07, 6.45) is -4.10. The highest BCUT2D eigenvalue weighted by atomic mass is 16.7. The number of aliphatic hydroxyl groups excluding tert-OH is 3. The van der Waals surface area contributed by atoms with E-state index in [0.717, 1.165) is 0 Å². The van der Waals surface area contributed by atoms with E-state index < -0.39 is 93.9 Å². The van der Waals surface area contributed by atoms with Gasteiger partial charge in [0, 0.05) is 11.8 Å². The minimum absolute atomic E-state index is 0.212. The molecular formula is C29H40O11. The number of cyclic esters (lactones) is 1. The average Bonchev–Trinajstić information content (AvgIpc) is 3.08. The van der Waals surface area contributed by atoms with Gasteiger partial charge in [-0.2, -0.15) is 0 Å². The smallest absolute Gasteiger partial charge is 0.338 e. The van der Waals surface area contributed by atoms with Crippen molar-refractivity contribution < 1.29 is 53.8 Å². The van der Waals surface area contributed by atoms with E-state index in [2.05, 4.69) is 0 Å². The van der Waals surface area contributed by atoms with Crippen molar-refractivity contribution in [3.8, 4) is 0 Å². The predicted octanol–water partition coefficient (Wildman–Crippen LogP) is 0.229. The minimum Gasteiger partial charge on any atom is -0.459 e. The SMILES string of the molecule is C[C@H]([C@H](O)[C@@H]1C[C@H](C)C(=O)O1)[C@H]1[C@H]2[C@]1(C)CC[C@@]13O[C@]2(O)C(=O)[C@@H]1CC[C@H]1C(C)(C)O[C@@H]2[C@@H](O)C(=O)O[C@@]21[C@H]3O. The van der Waals surface area contributed by atoms with Crippen LogP contribution in [0.3, 0.4) is 0 Å². The number of carbonyl (C=O) groups excluding carboxylic acids is 3. The highest BCUT2D eigenvalue weighted by Gasteiger charge is 2.85. The van der Waals surface area contributed by atoms with Crippen LogP contribution in [0.2, 0.25) is 0 Å². The van der Waals surface area contributed by atoms with E-state index in [1.165, 1.54) is 0 Å². The number of hydrogen-bond acceptors (Lipinski definition) is 11. The molecule has 0 radical (unpaired) electrons. The van der Waals surface area contributed by atoms with Crippen molar-refractivity contribution in [2.24, 2.45) is 40.9 Å². The molecule has 5 heterocycles. The average molecular weight is 565 g/mol. The zero-order valence-corrected chi connectivity index (χ0v) is 23.5. The van der Waals surface area contributed by atoms with Crippen LogP contribution in [-0.4, -0.2) is 91.3 Å². The third-order valence-corrected chi connectivity index (χ3v) is 12.2. The second-order valence-corrected chi connectivity index (χ2v) is 14.5. The first kappa shape index (κ1) is 27.2. The molecule has 2 spiro atoms. The third-order valence-electron chi connectivity index (χ3n) is 12.2. The Morgan fingerprint density at radius 3 is 2.38 bits per heavy atom. The first-order valence-corrected chi connectivity index (χ1v) is 14.7. The van der Waals surface area contributed by atoms with Gasteiger partial charge in [0.2, 0.25) is 5.79 Å². The summed E-state index contributed by atoms with van der Waals surface area (Å²) >= 11 is 0. The standard InChI is InChI=1S/C29H40O11/c1-11-10-14(37-22(11)33)17(30)12(2)16-19-26(16,5)8-9-27-13(20(32)29(19,36)40-27)6-7-15-25(3,4)38-21-18(31)23(34)39-28(15,21)24(27)35/h11-19,21,24,30-31,35-36H,6-10H2,1-5H3/t11-,12-,13-,14-,15-,16-,17-,18+,19-,21+,24-,26+,27+,28+,29-/m0/s1. The molecule has 0 aromatic heterocycles. The largest absolute Gasteiger partial charge is 0.459 e. The highest BCUT2D eigenvalue weighted by molar-refractivity contribution is 5.92. The van der Waals surface area contributed by atoms with Gasteiger partial charge in [0.05, 0.1) is 23.5 Å². The molecule has 4 N–H and O–H groups in total. The maximum atomic E-state index is 14.1. The van der Waals surface area contributed by atoms with Crippen LogP contribution in [-0.2, 0) is 33.3 Å². The molecule has 15 atom stereocenters. The second-order valence-electron chi connectivity index (χ2n) is 14.5. The quantitative estimate of drug-likeness (QED) is 0.346. The van der Waals surface area contributed by atoms with Gasteiger partial charge in [0.25, 0.3) is 0 Å². The van der Waals surface area contributed by atoms with Crippen molar-refractivity contribution in [2.45, 2.75) is 120 Å². The molecule has 0 aromatic carbocycles.